The minimum Gasteiger partial charge on any atom is -0.390 e. The first-order valence-electron chi connectivity index (χ1n) is 12.6. The van der Waals surface area contributed by atoms with Crippen LogP contribution in [0.3, 0.4) is 0 Å². The quantitative estimate of drug-likeness (QED) is 0.410. The summed E-state index contributed by atoms with van der Waals surface area (Å²) in [5.74, 6) is -0.813. The zero-order valence-corrected chi connectivity index (χ0v) is 20.7. The Morgan fingerprint density at radius 1 is 1.18 bits per heavy atom. The summed E-state index contributed by atoms with van der Waals surface area (Å²) >= 11 is 0. The maximum atomic E-state index is 13.2. The van der Waals surface area contributed by atoms with Gasteiger partial charge in [-0.25, -0.2) is 0 Å². The molecule has 0 aromatic rings. The highest BCUT2D eigenvalue weighted by molar-refractivity contribution is 5.95. The van der Waals surface area contributed by atoms with Gasteiger partial charge in [0.25, 0.3) is 0 Å². The van der Waals surface area contributed by atoms with Crippen molar-refractivity contribution in [3.63, 3.8) is 0 Å². The van der Waals surface area contributed by atoms with Crippen molar-refractivity contribution in [3.8, 4) is 0 Å². The van der Waals surface area contributed by atoms with Crippen molar-refractivity contribution in [1.82, 2.24) is 0 Å². The van der Waals surface area contributed by atoms with Crippen LogP contribution in [0.2, 0.25) is 0 Å². The molecule has 0 radical (unpaired) electrons. The van der Waals surface area contributed by atoms with Gasteiger partial charge in [0.15, 0.2) is 5.78 Å². The van der Waals surface area contributed by atoms with Crippen LogP contribution in [0.1, 0.15) is 79.6 Å². The summed E-state index contributed by atoms with van der Waals surface area (Å²) in [6.45, 7) is 9.63. The molecule has 186 valence electrons. The molecule has 6 nitrogen and oxygen atoms in total. The number of hydrogen-bond acceptors (Lipinski definition) is 6. The average molecular weight is 463 g/mol. The Morgan fingerprint density at radius 3 is 2.48 bits per heavy atom. The molecule has 4 aliphatic rings. The summed E-state index contributed by atoms with van der Waals surface area (Å²) in [6.07, 6.45) is 4.16. The van der Waals surface area contributed by atoms with Gasteiger partial charge in [0, 0.05) is 11.3 Å². The lowest BCUT2D eigenvalue weighted by atomic mass is 9.45. The maximum Gasteiger partial charge on any atom is 0.159 e. The molecule has 0 amide bonds. The second-order valence-electron chi connectivity index (χ2n) is 12.4. The zero-order chi connectivity index (χ0) is 24.6. The van der Waals surface area contributed by atoms with E-state index in [1.165, 1.54) is 0 Å². The second kappa shape index (κ2) is 7.99. The molecule has 3 saturated carbocycles. The summed E-state index contributed by atoms with van der Waals surface area (Å²) in [5, 5.41) is 55.3. The fourth-order valence-electron chi connectivity index (χ4n) is 8.13. The third-order valence-corrected chi connectivity index (χ3v) is 10.2. The average Bonchev–Trinajstić information content (AvgIpc) is 3.00. The predicted molar refractivity (Wildman–Crippen MR) is 125 cm³/mol. The molecule has 0 spiro atoms. The van der Waals surface area contributed by atoms with Crippen molar-refractivity contribution >= 4 is 5.78 Å². The van der Waals surface area contributed by atoms with E-state index in [9.17, 15) is 30.3 Å². The topological polar surface area (TPSA) is 118 Å². The number of ketones is 1. The van der Waals surface area contributed by atoms with Gasteiger partial charge >= 0.3 is 0 Å². The smallest absolute Gasteiger partial charge is 0.159 e. The van der Waals surface area contributed by atoms with Crippen molar-refractivity contribution in [2.75, 3.05) is 0 Å². The van der Waals surface area contributed by atoms with Crippen LogP contribution in [0.5, 0.6) is 0 Å². The van der Waals surface area contributed by atoms with Gasteiger partial charge in [-0.05, 0) is 94.6 Å². The van der Waals surface area contributed by atoms with E-state index in [4.69, 9.17) is 0 Å². The second-order valence-corrected chi connectivity index (χ2v) is 12.4. The Labute approximate surface area is 197 Å². The minimum atomic E-state index is -1.38. The maximum absolute atomic E-state index is 13.2. The molecule has 0 bridgehead atoms. The molecule has 4 rings (SSSR count). The van der Waals surface area contributed by atoms with Crippen molar-refractivity contribution in [1.29, 1.82) is 0 Å². The standard InChI is InChI=1S/C27H42O6/c1-15(2)6-7-23(31)26(5,32)22-9-11-27(33)17-12-19(28)18-13-20(29)21(30)14-24(18,3)16(17)8-10-25(22,27)4/h6,12,16,18,20-23,29-33H,7-11,13-14H2,1-5H3/t16?,18?,20-,21+,22+,23-,24-,25-,26-,27-/m1/s1. The Hall–Kier alpha value is -1.05. The molecule has 0 aliphatic heterocycles. The normalized spacial score (nSPS) is 47.5. The molecule has 4 aliphatic carbocycles. The van der Waals surface area contributed by atoms with E-state index >= 15 is 0 Å². The minimum absolute atomic E-state index is 0.0558. The number of carbonyl (C=O) groups is 1. The monoisotopic (exact) mass is 462 g/mol. The number of allylic oxidation sites excluding steroid dienone is 2. The third kappa shape index (κ3) is 3.51. The first-order chi connectivity index (χ1) is 15.2. The van der Waals surface area contributed by atoms with Gasteiger partial charge in [-0.2, -0.15) is 0 Å². The van der Waals surface area contributed by atoms with Gasteiger partial charge in [-0.1, -0.05) is 25.5 Å². The summed E-state index contributed by atoms with van der Waals surface area (Å²) in [5.41, 5.74) is -2.00. The molecule has 0 aromatic carbocycles. The van der Waals surface area contributed by atoms with Gasteiger partial charge in [-0.15, -0.1) is 0 Å². The lowest BCUT2D eigenvalue weighted by molar-refractivity contribution is -0.174. The number of aliphatic hydroxyl groups is 5. The van der Waals surface area contributed by atoms with E-state index in [-0.39, 0.29) is 30.0 Å². The van der Waals surface area contributed by atoms with Crippen LogP contribution in [0.4, 0.5) is 0 Å². The van der Waals surface area contributed by atoms with Crippen molar-refractivity contribution in [2.45, 2.75) is 109 Å². The fraction of sp³-hybridized carbons (Fsp3) is 0.815. The Morgan fingerprint density at radius 2 is 1.85 bits per heavy atom. The SMILES string of the molecule is CC(C)=CC[C@@H](O)[C@](C)(O)[C@H]1CC[C@@]2(O)C3=CC(=O)C4C[C@@H](O)[C@@H](O)C[C@]4(C)C3CC[C@]12C. The number of hydrogen-bond donors (Lipinski definition) is 5. The summed E-state index contributed by atoms with van der Waals surface area (Å²) in [4.78, 5) is 13.2. The largest absolute Gasteiger partial charge is 0.390 e. The fourth-order valence-corrected chi connectivity index (χ4v) is 8.13. The number of rotatable bonds is 4. The van der Waals surface area contributed by atoms with Gasteiger partial charge in [0.1, 0.15) is 0 Å². The highest BCUT2D eigenvalue weighted by Crippen LogP contribution is 2.68. The molecule has 5 N–H and O–H groups in total. The first-order valence-corrected chi connectivity index (χ1v) is 12.6. The Kier molecular flexibility index (Phi) is 6.07. The number of carbonyl (C=O) groups excluding carboxylic acids is 1. The summed E-state index contributed by atoms with van der Waals surface area (Å²) in [7, 11) is 0. The lowest BCUT2D eigenvalue weighted by Crippen LogP contribution is -2.62. The van der Waals surface area contributed by atoms with E-state index in [0.717, 1.165) is 17.6 Å². The Balaban J connectivity index is 1.70. The predicted octanol–water partition coefficient (Wildman–Crippen LogP) is 2.66. The van der Waals surface area contributed by atoms with E-state index in [1.807, 2.05) is 33.8 Å². The van der Waals surface area contributed by atoms with E-state index in [1.54, 1.807) is 13.0 Å². The molecule has 2 unspecified atom stereocenters. The van der Waals surface area contributed by atoms with Crippen LogP contribution in [0.25, 0.3) is 0 Å². The highest BCUT2D eigenvalue weighted by Gasteiger charge is 2.69. The first kappa shape index (κ1) is 25.1. The molecule has 0 aromatic heterocycles. The molecule has 0 saturated heterocycles. The van der Waals surface area contributed by atoms with Crippen molar-refractivity contribution in [3.05, 3.63) is 23.3 Å². The van der Waals surface area contributed by atoms with E-state index in [2.05, 4.69) is 0 Å². The van der Waals surface area contributed by atoms with Crippen LogP contribution < -0.4 is 0 Å². The summed E-state index contributed by atoms with van der Waals surface area (Å²) < 4.78 is 0. The molecule has 33 heavy (non-hydrogen) atoms. The van der Waals surface area contributed by atoms with Crippen LogP contribution in [-0.4, -0.2) is 60.8 Å². The lowest BCUT2D eigenvalue weighted by Gasteiger charge is -2.60. The molecular formula is C27H42O6. The molecule has 6 heteroatoms. The van der Waals surface area contributed by atoms with Crippen molar-refractivity contribution < 1.29 is 30.3 Å². The van der Waals surface area contributed by atoms with Crippen LogP contribution in [0.15, 0.2) is 23.3 Å². The zero-order valence-electron chi connectivity index (χ0n) is 20.7. The van der Waals surface area contributed by atoms with Gasteiger partial charge < -0.3 is 25.5 Å². The van der Waals surface area contributed by atoms with E-state index in [0.29, 0.717) is 32.1 Å². The van der Waals surface area contributed by atoms with Crippen LogP contribution >= 0.6 is 0 Å². The van der Waals surface area contributed by atoms with Gasteiger partial charge in [0.05, 0.1) is 29.5 Å². The molecule has 10 atom stereocenters. The number of aliphatic hydroxyl groups excluding tert-OH is 3. The van der Waals surface area contributed by atoms with Gasteiger partial charge in [-0.3, -0.25) is 4.79 Å². The van der Waals surface area contributed by atoms with E-state index < -0.39 is 40.3 Å². The number of fused-ring (bicyclic) bond motifs is 5. The molecule has 0 heterocycles. The highest BCUT2D eigenvalue weighted by atomic mass is 16.3. The van der Waals surface area contributed by atoms with Crippen LogP contribution in [-0.2, 0) is 4.79 Å². The molecule has 3 fully saturated rings. The van der Waals surface area contributed by atoms with Crippen molar-refractivity contribution in [2.24, 2.45) is 28.6 Å². The summed E-state index contributed by atoms with van der Waals surface area (Å²) in [6, 6.07) is 0. The third-order valence-electron chi connectivity index (χ3n) is 10.2. The van der Waals surface area contributed by atoms with Crippen LogP contribution in [0, 0.1) is 28.6 Å². The Bertz CT molecular complexity index is 872. The van der Waals surface area contributed by atoms with Gasteiger partial charge in [0.2, 0.25) is 0 Å². The molecular weight excluding hydrogens is 420 g/mol.